The van der Waals surface area contributed by atoms with Crippen LogP contribution in [0.15, 0.2) is 53.7 Å². The molecule has 0 radical (unpaired) electrons. The maximum atomic E-state index is 13.4. The van der Waals surface area contributed by atoms with Gasteiger partial charge in [0.15, 0.2) is 0 Å². The van der Waals surface area contributed by atoms with Crippen LogP contribution >= 0.6 is 0 Å². The summed E-state index contributed by atoms with van der Waals surface area (Å²) in [5, 5.41) is 0.854. The lowest BCUT2D eigenvalue weighted by molar-refractivity contribution is 0.414. The number of rotatable bonds is 4. The van der Waals surface area contributed by atoms with Gasteiger partial charge in [0.2, 0.25) is 0 Å². The second kappa shape index (κ2) is 6.29. The van der Waals surface area contributed by atoms with Gasteiger partial charge in [-0.25, -0.2) is 9.97 Å². The number of hydrogen-bond acceptors (Lipinski definition) is 4. The molecule has 3 aromatic heterocycles. The molecule has 3 heterocycles. The Balaban J connectivity index is 2.13. The number of imidazole rings is 1. The minimum absolute atomic E-state index is 0.127. The number of hydrogen-bond donors (Lipinski definition) is 0. The van der Waals surface area contributed by atoms with E-state index in [0.717, 1.165) is 17.6 Å². The molecule has 1 aromatic carbocycles. The summed E-state index contributed by atoms with van der Waals surface area (Å²) in [6.07, 6.45) is 3.43. The minimum Gasteiger partial charge on any atom is -0.497 e. The van der Waals surface area contributed by atoms with Crippen LogP contribution in [0.3, 0.4) is 0 Å². The normalized spacial score (nSPS) is 11.5. The maximum Gasteiger partial charge on any atom is 0.282 e. The van der Waals surface area contributed by atoms with Crippen molar-refractivity contribution in [2.24, 2.45) is 5.92 Å². The summed E-state index contributed by atoms with van der Waals surface area (Å²) < 4.78 is 8.90. The lowest BCUT2D eigenvalue weighted by Gasteiger charge is -2.13. The average molecular weight is 348 g/mol. The van der Waals surface area contributed by atoms with E-state index >= 15 is 0 Å². The Kier molecular flexibility index (Phi) is 3.95. The van der Waals surface area contributed by atoms with Gasteiger partial charge in [0.25, 0.3) is 5.56 Å². The van der Waals surface area contributed by atoms with Gasteiger partial charge in [-0.05, 0) is 30.2 Å². The SMILES string of the molecule is COc1cccc(-n2c(=O)c3c(ncn3CC(C)C)c3cccnc32)c1. The summed E-state index contributed by atoms with van der Waals surface area (Å²) >= 11 is 0. The molecule has 26 heavy (non-hydrogen) atoms. The van der Waals surface area contributed by atoms with Crippen LogP contribution in [0.1, 0.15) is 13.8 Å². The third-order valence-electron chi connectivity index (χ3n) is 4.37. The molecule has 4 rings (SSSR count). The third kappa shape index (κ3) is 2.54. The highest BCUT2D eigenvalue weighted by atomic mass is 16.5. The monoisotopic (exact) mass is 348 g/mol. The zero-order valence-corrected chi connectivity index (χ0v) is 15.0. The Morgan fingerprint density at radius 3 is 2.77 bits per heavy atom. The Morgan fingerprint density at radius 1 is 1.15 bits per heavy atom. The summed E-state index contributed by atoms with van der Waals surface area (Å²) in [4.78, 5) is 22.4. The number of ether oxygens (including phenoxy) is 1. The van der Waals surface area contributed by atoms with E-state index in [9.17, 15) is 4.79 Å². The highest BCUT2D eigenvalue weighted by Gasteiger charge is 2.18. The molecule has 0 N–H and O–H groups in total. The molecule has 0 aliphatic carbocycles. The van der Waals surface area contributed by atoms with Gasteiger partial charge in [0, 0.05) is 24.2 Å². The molecular weight excluding hydrogens is 328 g/mol. The Labute approximate surface area is 150 Å². The van der Waals surface area contributed by atoms with E-state index in [0.29, 0.717) is 28.3 Å². The van der Waals surface area contributed by atoms with Crippen molar-refractivity contribution < 1.29 is 4.74 Å². The van der Waals surface area contributed by atoms with E-state index < -0.39 is 0 Å². The van der Waals surface area contributed by atoms with Gasteiger partial charge >= 0.3 is 0 Å². The molecule has 0 atom stereocenters. The van der Waals surface area contributed by atoms with E-state index in [1.165, 1.54) is 0 Å². The summed E-state index contributed by atoms with van der Waals surface area (Å²) in [5.41, 5.74) is 2.47. The van der Waals surface area contributed by atoms with Crippen molar-refractivity contribution in [3.05, 3.63) is 59.3 Å². The molecule has 0 bridgehead atoms. The molecule has 0 saturated carbocycles. The van der Waals surface area contributed by atoms with E-state index in [-0.39, 0.29) is 5.56 Å². The van der Waals surface area contributed by atoms with Crippen LogP contribution in [0, 0.1) is 5.92 Å². The lowest BCUT2D eigenvalue weighted by atomic mass is 10.2. The van der Waals surface area contributed by atoms with E-state index in [2.05, 4.69) is 23.8 Å². The van der Waals surface area contributed by atoms with Crippen molar-refractivity contribution in [1.82, 2.24) is 19.1 Å². The standard InChI is InChI=1S/C20H20N4O2/c1-13(2)11-23-12-22-17-16-8-5-9-21-19(16)24(20(25)18(17)23)14-6-4-7-15(10-14)26-3/h4-10,12-13H,11H2,1-3H3. The first-order valence-corrected chi connectivity index (χ1v) is 8.59. The first-order valence-electron chi connectivity index (χ1n) is 8.59. The Bertz CT molecular complexity index is 1160. The third-order valence-corrected chi connectivity index (χ3v) is 4.37. The van der Waals surface area contributed by atoms with Gasteiger partial charge in [-0.2, -0.15) is 0 Å². The molecule has 0 amide bonds. The van der Waals surface area contributed by atoms with Gasteiger partial charge in [0.1, 0.15) is 22.4 Å². The second-order valence-corrected chi connectivity index (χ2v) is 6.70. The van der Waals surface area contributed by atoms with Gasteiger partial charge in [-0.1, -0.05) is 19.9 Å². The molecule has 0 fully saturated rings. The summed E-state index contributed by atoms with van der Waals surface area (Å²) in [5.74, 6) is 1.09. The minimum atomic E-state index is -0.127. The number of fused-ring (bicyclic) bond motifs is 3. The zero-order valence-electron chi connectivity index (χ0n) is 15.0. The summed E-state index contributed by atoms with van der Waals surface area (Å²) in [6, 6.07) is 11.3. The quantitative estimate of drug-likeness (QED) is 0.567. The van der Waals surface area contributed by atoms with Crippen LogP contribution in [0.4, 0.5) is 0 Å². The van der Waals surface area contributed by atoms with Crippen molar-refractivity contribution in [2.75, 3.05) is 7.11 Å². The number of pyridine rings is 2. The molecular formula is C20H20N4O2. The fraction of sp³-hybridized carbons (Fsp3) is 0.250. The zero-order chi connectivity index (χ0) is 18.3. The van der Waals surface area contributed by atoms with Crippen LogP contribution in [-0.4, -0.2) is 26.2 Å². The lowest BCUT2D eigenvalue weighted by Crippen LogP contribution is -2.22. The number of methoxy groups -OCH3 is 1. The number of aromatic nitrogens is 4. The summed E-state index contributed by atoms with van der Waals surface area (Å²) in [6.45, 7) is 4.97. The highest BCUT2D eigenvalue weighted by Crippen LogP contribution is 2.24. The predicted molar refractivity (Wildman–Crippen MR) is 102 cm³/mol. The van der Waals surface area contributed by atoms with Crippen molar-refractivity contribution >= 4 is 22.1 Å². The summed E-state index contributed by atoms with van der Waals surface area (Å²) in [7, 11) is 1.61. The van der Waals surface area contributed by atoms with Crippen molar-refractivity contribution in [1.29, 1.82) is 0 Å². The van der Waals surface area contributed by atoms with Gasteiger partial charge in [0.05, 0.1) is 19.1 Å². The average Bonchev–Trinajstić information content (AvgIpc) is 3.06. The predicted octanol–water partition coefficient (Wildman–Crippen LogP) is 3.40. The molecule has 0 saturated heterocycles. The highest BCUT2D eigenvalue weighted by molar-refractivity contribution is 6.01. The van der Waals surface area contributed by atoms with Crippen LogP contribution in [0.2, 0.25) is 0 Å². The fourth-order valence-corrected chi connectivity index (χ4v) is 3.29. The first-order chi connectivity index (χ1) is 12.6. The number of nitrogens with zero attached hydrogens (tertiary/aromatic N) is 4. The molecule has 6 nitrogen and oxygen atoms in total. The maximum absolute atomic E-state index is 13.4. The Morgan fingerprint density at radius 2 is 2.00 bits per heavy atom. The van der Waals surface area contributed by atoms with Crippen LogP contribution in [0.5, 0.6) is 5.75 Å². The van der Waals surface area contributed by atoms with Crippen molar-refractivity contribution in [2.45, 2.75) is 20.4 Å². The molecule has 0 spiro atoms. The van der Waals surface area contributed by atoms with E-state index in [1.54, 1.807) is 24.2 Å². The largest absolute Gasteiger partial charge is 0.497 e. The van der Waals surface area contributed by atoms with Crippen LogP contribution < -0.4 is 10.3 Å². The Hall–Kier alpha value is -3.15. The fourth-order valence-electron chi connectivity index (χ4n) is 3.29. The molecule has 0 unspecified atom stereocenters. The van der Waals surface area contributed by atoms with Crippen LogP contribution in [-0.2, 0) is 6.54 Å². The van der Waals surface area contributed by atoms with Gasteiger partial charge in [-0.15, -0.1) is 0 Å². The smallest absolute Gasteiger partial charge is 0.282 e. The first kappa shape index (κ1) is 16.3. The van der Waals surface area contributed by atoms with Crippen molar-refractivity contribution in [3.8, 4) is 11.4 Å². The molecule has 6 heteroatoms. The van der Waals surface area contributed by atoms with Gasteiger partial charge in [-0.3, -0.25) is 9.36 Å². The second-order valence-electron chi connectivity index (χ2n) is 6.70. The molecule has 4 aromatic rings. The van der Waals surface area contributed by atoms with E-state index in [4.69, 9.17) is 4.74 Å². The molecule has 132 valence electrons. The van der Waals surface area contributed by atoms with Crippen molar-refractivity contribution in [3.63, 3.8) is 0 Å². The molecule has 0 aliphatic heterocycles. The number of benzene rings is 1. The van der Waals surface area contributed by atoms with Gasteiger partial charge < -0.3 is 9.30 Å². The molecule has 0 aliphatic rings. The topological polar surface area (TPSA) is 61.9 Å². The van der Waals surface area contributed by atoms with E-state index in [1.807, 2.05) is 41.0 Å². The van der Waals surface area contributed by atoms with Crippen LogP contribution in [0.25, 0.3) is 27.8 Å².